The number of amides is 1. The summed E-state index contributed by atoms with van der Waals surface area (Å²) in [6, 6.07) is 17.8. The summed E-state index contributed by atoms with van der Waals surface area (Å²) in [5.41, 5.74) is 1.08. The molecule has 0 bridgehead atoms. The van der Waals surface area contributed by atoms with Crippen LogP contribution in [-0.4, -0.2) is 15.9 Å². The number of halogens is 1. The molecule has 0 unspecified atom stereocenters. The molecular weight excluding hydrogens is 298 g/mol. The predicted molar refractivity (Wildman–Crippen MR) is 86.4 cm³/mol. The Morgan fingerprint density at radius 1 is 0.864 bits per heavy atom. The Morgan fingerprint density at radius 3 is 2.18 bits per heavy atom. The van der Waals surface area contributed by atoms with E-state index in [1.807, 2.05) is 30.3 Å². The summed E-state index contributed by atoms with van der Waals surface area (Å²) in [5.74, 6) is 0.0457. The van der Waals surface area contributed by atoms with Crippen LogP contribution >= 0.6 is 11.6 Å². The Balaban J connectivity index is 2.12. The smallest absolute Gasteiger partial charge is 0.265 e. The van der Waals surface area contributed by atoms with Crippen molar-refractivity contribution in [2.45, 2.75) is 0 Å². The molecule has 0 atom stereocenters. The number of carbonyl (C=O) groups excluding carboxylic acids is 1. The lowest BCUT2D eigenvalue weighted by Gasteiger charge is -2.21. The van der Waals surface area contributed by atoms with Gasteiger partial charge in [0.25, 0.3) is 5.91 Å². The standard InChI is InChI=1S/C17H12ClN3O/c18-14-9-4-5-10-15(14)21(17-19-11-6-12-20-17)16(22)13-7-2-1-3-8-13/h1-12H. The second-order valence-electron chi connectivity index (χ2n) is 4.51. The van der Waals surface area contributed by atoms with Gasteiger partial charge in [-0.15, -0.1) is 0 Å². The van der Waals surface area contributed by atoms with Gasteiger partial charge in [0.05, 0.1) is 10.7 Å². The van der Waals surface area contributed by atoms with Crippen LogP contribution in [0.2, 0.25) is 5.02 Å². The highest BCUT2D eigenvalue weighted by Crippen LogP contribution is 2.30. The van der Waals surface area contributed by atoms with E-state index < -0.39 is 0 Å². The zero-order chi connectivity index (χ0) is 15.4. The third kappa shape index (κ3) is 2.82. The molecule has 2 aromatic carbocycles. The SMILES string of the molecule is O=C(c1ccccc1)N(c1ncccn1)c1ccccc1Cl. The first-order chi connectivity index (χ1) is 10.8. The topological polar surface area (TPSA) is 46.1 Å². The number of hydrogen-bond donors (Lipinski definition) is 0. The highest BCUT2D eigenvalue weighted by molar-refractivity contribution is 6.34. The fraction of sp³-hybridized carbons (Fsp3) is 0. The van der Waals surface area contributed by atoms with Crippen molar-refractivity contribution in [3.8, 4) is 0 Å². The first-order valence-electron chi connectivity index (χ1n) is 6.68. The number of rotatable bonds is 3. The van der Waals surface area contributed by atoms with Crippen LogP contribution in [0.4, 0.5) is 11.6 Å². The van der Waals surface area contributed by atoms with E-state index >= 15 is 0 Å². The van der Waals surface area contributed by atoms with Crippen LogP contribution in [0.1, 0.15) is 10.4 Å². The van der Waals surface area contributed by atoms with Crippen LogP contribution in [0.5, 0.6) is 0 Å². The predicted octanol–water partition coefficient (Wildman–Crippen LogP) is 4.11. The Labute approximate surface area is 133 Å². The lowest BCUT2D eigenvalue weighted by Crippen LogP contribution is -2.27. The van der Waals surface area contributed by atoms with Crippen LogP contribution in [0.15, 0.2) is 73.1 Å². The quantitative estimate of drug-likeness (QED) is 0.731. The van der Waals surface area contributed by atoms with Crippen molar-refractivity contribution in [3.05, 3.63) is 83.6 Å². The molecule has 0 spiro atoms. The van der Waals surface area contributed by atoms with Crippen molar-refractivity contribution in [3.63, 3.8) is 0 Å². The van der Waals surface area contributed by atoms with Gasteiger partial charge >= 0.3 is 0 Å². The Kier molecular flexibility index (Phi) is 4.12. The summed E-state index contributed by atoms with van der Waals surface area (Å²) in [5, 5.41) is 0.458. The molecule has 108 valence electrons. The van der Waals surface area contributed by atoms with Crippen molar-refractivity contribution in [2.75, 3.05) is 4.90 Å². The number of para-hydroxylation sites is 1. The van der Waals surface area contributed by atoms with Gasteiger partial charge in [-0.3, -0.25) is 4.79 Å². The van der Waals surface area contributed by atoms with E-state index in [2.05, 4.69) is 9.97 Å². The first kappa shape index (κ1) is 14.2. The largest absolute Gasteiger partial charge is 0.268 e. The van der Waals surface area contributed by atoms with Gasteiger partial charge in [-0.1, -0.05) is 41.9 Å². The van der Waals surface area contributed by atoms with Gasteiger partial charge in [0, 0.05) is 18.0 Å². The molecule has 4 nitrogen and oxygen atoms in total. The fourth-order valence-corrected chi connectivity index (χ4v) is 2.28. The normalized spacial score (nSPS) is 10.2. The highest BCUT2D eigenvalue weighted by Gasteiger charge is 2.23. The summed E-state index contributed by atoms with van der Waals surface area (Å²) in [4.78, 5) is 22.7. The van der Waals surface area contributed by atoms with Gasteiger partial charge in [0.1, 0.15) is 0 Å². The molecule has 0 radical (unpaired) electrons. The lowest BCUT2D eigenvalue weighted by molar-refractivity contribution is 0.0998. The molecule has 22 heavy (non-hydrogen) atoms. The van der Waals surface area contributed by atoms with Gasteiger partial charge in [-0.05, 0) is 30.3 Å². The van der Waals surface area contributed by atoms with Crippen LogP contribution in [0, 0.1) is 0 Å². The molecule has 3 rings (SSSR count). The van der Waals surface area contributed by atoms with Crippen LogP contribution < -0.4 is 4.90 Å². The fourth-order valence-electron chi connectivity index (χ4n) is 2.06. The zero-order valence-electron chi connectivity index (χ0n) is 11.6. The highest BCUT2D eigenvalue weighted by atomic mass is 35.5. The summed E-state index contributed by atoms with van der Waals surface area (Å²) in [7, 11) is 0. The van der Waals surface area contributed by atoms with Crippen LogP contribution in [-0.2, 0) is 0 Å². The lowest BCUT2D eigenvalue weighted by atomic mass is 10.2. The second-order valence-corrected chi connectivity index (χ2v) is 4.91. The third-order valence-electron chi connectivity index (χ3n) is 3.07. The Bertz CT molecular complexity index is 778. The molecule has 3 aromatic rings. The number of benzene rings is 2. The summed E-state index contributed by atoms with van der Waals surface area (Å²) >= 11 is 6.25. The molecule has 0 N–H and O–H groups in total. The van der Waals surface area contributed by atoms with E-state index in [1.165, 1.54) is 4.90 Å². The molecule has 1 aromatic heterocycles. The van der Waals surface area contributed by atoms with E-state index in [9.17, 15) is 4.79 Å². The average Bonchev–Trinajstić information content (AvgIpc) is 2.58. The first-order valence-corrected chi connectivity index (χ1v) is 7.06. The molecule has 0 saturated carbocycles. The molecule has 1 heterocycles. The van der Waals surface area contributed by atoms with E-state index in [-0.39, 0.29) is 11.9 Å². The summed E-state index contributed by atoms with van der Waals surface area (Å²) in [6.07, 6.45) is 3.18. The second kappa shape index (κ2) is 6.37. The van der Waals surface area contributed by atoms with Gasteiger partial charge in [0.2, 0.25) is 5.95 Å². The summed E-state index contributed by atoms with van der Waals surface area (Å²) < 4.78 is 0. The Morgan fingerprint density at radius 2 is 1.50 bits per heavy atom. The van der Waals surface area contributed by atoms with Crippen molar-refractivity contribution in [1.29, 1.82) is 0 Å². The van der Waals surface area contributed by atoms with Gasteiger partial charge in [-0.25, -0.2) is 14.9 Å². The van der Waals surface area contributed by atoms with Crippen molar-refractivity contribution in [2.24, 2.45) is 0 Å². The van der Waals surface area contributed by atoms with E-state index in [4.69, 9.17) is 11.6 Å². The van der Waals surface area contributed by atoms with Gasteiger partial charge in [0.15, 0.2) is 0 Å². The number of carbonyl (C=O) groups is 1. The molecule has 0 fully saturated rings. The van der Waals surface area contributed by atoms with E-state index in [1.54, 1.807) is 42.7 Å². The minimum absolute atomic E-state index is 0.236. The van der Waals surface area contributed by atoms with Crippen molar-refractivity contribution in [1.82, 2.24) is 9.97 Å². The number of anilines is 2. The number of nitrogens with zero attached hydrogens (tertiary/aromatic N) is 3. The number of hydrogen-bond acceptors (Lipinski definition) is 3. The minimum Gasteiger partial charge on any atom is -0.268 e. The number of aromatic nitrogens is 2. The van der Waals surface area contributed by atoms with Gasteiger partial charge < -0.3 is 0 Å². The van der Waals surface area contributed by atoms with E-state index in [0.717, 1.165) is 0 Å². The van der Waals surface area contributed by atoms with E-state index in [0.29, 0.717) is 16.3 Å². The van der Waals surface area contributed by atoms with Crippen LogP contribution in [0.25, 0.3) is 0 Å². The molecule has 0 saturated heterocycles. The minimum atomic E-state index is -0.236. The Hall–Kier alpha value is -2.72. The molecule has 0 aliphatic carbocycles. The molecule has 5 heteroatoms. The zero-order valence-corrected chi connectivity index (χ0v) is 12.3. The van der Waals surface area contributed by atoms with Crippen LogP contribution in [0.3, 0.4) is 0 Å². The average molecular weight is 310 g/mol. The van der Waals surface area contributed by atoms with Crippen molar-refractivity contribution >= 4 is 29.1 Å². The monoisotopic (exact) mass is 309 g/mol. The maximum absolute atomic E-state index is 12.9. The molecule has 0 aliphatic rings. The third-order valence-corrected chi connectivity index (χ3v) is 3.39. The summed E-state index contributed by atoms with van der Waals surface area (Å²) in [6.45, 7) is 0. The van der Waals surface area contributed by atoms with Gasteiger partial charge in [-0.2, -0.15) is 0 Å². The molecular formula is C17H12ClN3O. The molecule has 0 aliphatic heterocycles. The van der Waals surface area contributed by atoms with Crippen molar-refractivity contribution < 1.29 is 4.79 Å². The maximum Gasteiger partial charge on any atom is 0.265 e. The molecule has 1 amide bonds. The maximum atomic E-state index is 12.9.